The fraction of sp³-hybridized carbons (Fsp3) is 0.722. The maximum Gasteiger partial charge on any atom is 0.194 e. The molecule has 148 valence electrons. The van der Waals surface area contributed by atoms with Gasteiger partial charge in [-0.1, -0.05) is 0 Å². The molecule has 0 bridgehead atoms. The van der Waals surface area contributed by atoms with Crippen molar-refractivity contribution in [3.05, 3.63) is 17.5 Å². The molecule has 0 spiro atoms. The monoisotopic (exact) mass is 494 g/mol. The molecular formula is C18H31IN4O2S. The van der Waals surface area contributed by atoms with Crippen LogP contribution in [0.2, 0.25) is 0 Å². The predicted octanol–water partition coefficient (Wildman–Crippen LogP) is 2.65. The maximum atomic E-state index is 5.71. The number of hydrogen-bond acceptors (Lipinski definition) is 5. The molecule has 1 aromatic heterocycles. The molecule has 6 nitrogen and oxygen atoms in total. The van der Waals surface area contributed by atoms with Crippen LogP contribution in [0.1, 0.15) is 19.8 Å². The Kier molecular flexibility index (Phi) is 10.0. The number of piperazine rings is 1. The molecule has 0 radical (unpaired) electrons. The summed E-state index contributed by atoms with van der Waals surface area (Å²) in [5.41, 5.74) is 0. The lowest BCUT2D eigenvalue weighted by atomic mass is 10.2. The van der Waals surface area contributed by atoms with E-state index in [1.165, 1.54) is 5.00 Å². The first kappa shape index (κ1) is 21.7. The van der Waals surface area contributed by atoms with Crippen molar-refractivity contribution in [1.82, 2.24) is 10.2 Å². The van der Waals surface area contributed by atoms with Crippen molar-refractivity contribution in [3.8, 4) is 0 Å². The number of anilines is 1. The first-order valence-corrected chi connectivity index (χ1v) is 10.3. The Labute approximate surface area is 178 Å². The van der Waals surface area contributed by atoms with E-state index in [1.807, 2.05) is 11.3 Å². The second-order valence-corrected chi connectivity index (χ2v) is 7.30. The van der Waals surface area contributed by atoms with Crippen LogP contribution in [-0.4, -0.2) is 76.1 Å². The highest BCUT2D eigenvalue weighted by molar-refractivity contribution is 14.0. The molecule has 2 fully saturated rings. The summed E-state index contributed by atoms with van der Waals surface area (Å²) in [6.07, 6.45) is 2.58. The topological polar surface area (TPSA) is 49.3 Å². The van der Waals surface area contributed by atoms with Crippen LogP contribution < -0.4 is 10.2 Å². The Morgan fingerprint density at radius 2 is 2.23 bits per heavy atom. The fourth-order valence-electron chi connectivity index (χ4n) is 3.22. The number of nitrogens with zero attached hydrogens (tertiary/aromatic N) is 3. The molecule has 3 heterocycles. The van der Waals surface area contributed by atoms with Gasteiger partial charge in [-0.2, -0.15) is 0 Å². The van der Waals surface area contributed by atoms with Gasteiger partial charge in [0, 0.05) is 39.3 Å². The summed E-state index contributed by atoms with van der Waals surface area (Å²) in [6, 6.07) is 4.32. The van der Waals surface area contributed by atoms with E-state index in [0.717, 1.165) is 58.1 Å². The molecule has 26 heavy (non-hydrogen) atoms. The van der Waals surface area contributed by atoms with E-state index in [4.69, 9.17) is 14.5 Å². The Morgan fingerprint density at radius 1 is 1.38 bits per heavy atom. The lowest BCUT2D eigenvalue weighted by Crippen LogP contribution is -2.52. The van der Waals surface area contributed by atoms with Crippen molar-refractivity contribution in [3.63, 3.8) is 0 Å². The van der Waals surface area contributed by atoms with Crippen LogP contribution in [0.15, 0.2) is 22.5 Å². The molecule has 2 aliphatic heterocycles. The predicted molar refractivity (Wildman–Crippen MR) is 119 cm³/mol. The molecule has 0 saturated carbocycles. The van der Waals surface area contributed by atoms with E-state index in [9.17, 15) is 0 Å². The highest BCUT2D eigenvalue weighted by Gasteiger charge is 2.20. The smallest absolute Gasteiger partial charge is 0.194 e. The lowest BCUT2D eigenvalue weighted by Gasteiger charge is -2.37. The van der Waals surface area contributed by atoms with Gasteiger partial charge in [0.1, 0.15) is 0 Å². The minimum Gasteiger partial charge on any atom is -0.377 e. The number of ether oxygens (including phenoxy) is 2. The average molecular weight is 494 g/mol. The standard InChI is InChI=1S/C18H30N4O2S.HI/c1-2-19-18(20-7-13-23-15-16-5-3-12-24-16)22-10-8-21(9-11-22)17-6-4-14-25-17;/h4,6,14,16H,2-3,5,7-13,15H2,1H3,(H,19,20);1H. The summed E-state index contributed by atoms with van der Waals surface area (Å²) < 4.78 is 11.3. The number of rotatable bonds is 7. The Morgan fingerprint density at radius 3 is 2.88 bits per heavy atom. The van der Waals surface area contributed by atoms with Crippen molar-refractivity contribution in [2.45, 2.75) is 25.9 Å². The average Bonchev–Trinajstić information content (AvgIpc) is 3.35. The summed E-state index contributed by atoms with van der Waals surface area (Å²) in [7, 11) is 0. The van der Waals surface area contributed by atoms with Gasteiger partial charge in [-0.25, -0.2) is 0 Å². The first-order valence-electron chi connectivity index (χ1n) is 9.38. The van der Waals surface area contributed by atoms with Gasteiger partial charge in [0.15, 0.2) is 5.96 Å². The summed E-state index contributed by atoms with van der Waals surface area (Å²) in [4.78, 5) is 9.55. The Bertz CT molecular complexity index is 515. The van der Waals surface area contributed by atoms with Gasteiger partial charge in [0.25, 0.3) is 0 Å². The van der Waals surface area contributed by atoms with Crippen molar-refractivity contribution in [2.75, 3.05) is 64.0 Å². The SMILES string of the molecule is CCNC(=NCCOCC1CCCO1)N1CCN(c2cccs2)CC1.I. The normalized spacial score (nSPS) is 21.0. The highest BCUT2D eigenvalue weighted by Crippen LogP contribution is 2.22. The van der Waals surface area contributed by atoms with E-state index < -0.39 is 0 Å². The molecule has 2 saturated heterocycles. The van der Waals surface area contributed by atoms with Crippen LogP contribution in [0.3, 0.4) is 0 Å². The number of nitrogens with one attached hydrogen (secondary N) is 1. The number of hydrogen-bond donors (Lipinski definition) is 1. The number of aliphatic imine (C=N–C) groups is 1. The third-order valence-electron chi connectivity index (χ3n) is 4.56. The van der Waals surface area contributed by atoms with Gasteiger partial charge in [-0.05, 0) is 37.3 Å². The minimum atomic E-state index is 0. The summed E-state index contributed by atoms with van der Waals surface area (Å²) >= 11 is 1.81. The van der Waals surface area contributed by atoms with Gasteiger partial charge < -0.3 is 24.6 Å². The zero-order chi connectivity index (χ0) is 17.3. The second kappa shape index (κ2) is 12.0. The van der Waals surface area contributed by atoms with Crippen molar-refractivity contribution >= 4 is 46.3 Å². The third kappa shape index (κ3) is 6.54. The molecule has 0 aromatic carbocycles. The minimum absolute atomic E-state index is 0. The summed E-state index contributed by atoms with van der Waals surface area (Å²) in [6.45, 7) is 10.0. The number of halogens is 1. The zero-order valence-corrected chi connectivity index (χ0v) is 18.7. The molecule has 8 heteroatoms. The third-order valence-corrected chi connectivity index (χ3v) is 5.49. The number of guanidine groups is 1. The quantitative estimate of drug-likeness (QED) is 0.274. The zero-order valence-electron chi connectivity index (χ0n) is 15.6. The molecule has 1 N–H and O–H groups in total. The van der Waals surface area contributed by atoms with Gasteiger partial charge in [-0.3, -0.25) is 4.99 Å². The van der Waals surface area contributed by atoms with Gasteiger partial charge >= 0.3 is 0 Å². The molecule has 0 aliphatic carbocycles. The van der Waals surface area contributed by atoms with Gasteiger partial charge in [0.2, 0.25) is 0 Å². The molecule has 3 rings (SSSR count). The summed E-state index contributed by atoms with van der Waals surface area (Å²) in [5.74, 6) is 1.01. The molecule has 1 atom stereocenters. The van der Waals surface area contributed by atoms with Crippen LogP contribution in [0, 0.1) is 0 Å². The summed E-state index contributed by atoms with van der Waals surface area (Å²) in [5, 5.41) is 6.92. The lowest BCUT2D eigenvalue weighted by molar-refractivity contribution is 0.0199. The second-order valence-electron chi connectivity index (χ2n) is 6.37. The largest absolute Gasteiger partial charge is 0.377 e. The van der Waals surface area contributed by atoms with E-state index >= 15 is 0 Å². The van der Waals surface area contributed by atoms with E-state index in [-0.39, 0.29) is 24.0 Å². The Hall–Kier alpha value is -0.580. The van der Waals surface area contributed by atoms with E-state index in [1.54, 1.807) is 0 Å². The molecule has 1 aromatic rings. The van der Waals surface area contributed by atoms with Crippen molar-refractivity contribution < 1.29 is 9.47 Å². The fourth-order valence-corrected chi connectivity index (χ4v) is 4.01. The molecular weight excluding hydrogens is 463 g/mol. The van der Waals surface area contributed by atoms with E-state index in [2.05, 4.69) is 39.6 Å². The molecule has 0 amide bonds. The van der Waals surface area contributed by atoms with Crippen LogP contribution in [0.4, 0.5) is 5.00 Å². The van der Waals surface area contributed by atoms with Crippen LogP contribution in [0.25, 0.3) is 0 Å². The van der Waals surface area contributed by atoms with Crippen molar-refractivity contribution in [1.29, 1.82) is 0 Å². The first-order chi connectivity index (χ1) is 12.4. The number of thiophene rings is 1. The van der Waals surface area contributed by atoms with E-state index in [0.29, 0.717) is 25.9 Å². The van der Waals surface area contributed by atoms with Gasteiger partial charge in [-0.15, -0.1) is 35.3 Å². The highest BCUT2D eigenvalue weighted by atomic mass is 127. The van der Waals surface area contributed by atoms with Crippen LogP contribution >= 0.6 is 35.3 Å². The maximum absolute atomic E-state index is 5.71. The van der Waals surface area contributed by atoms with Crippen LogP contribution in [-0.2, 0) is 9.47 Å². The van der Waals surface area contributed by atoms with Gasteiger partial charge in [0.05, 0.1) is 30.9 Å². The van der Waals surface area contributed by atoms with Crippen LogP contribution in [0.5, 0.6) is 0 Å². The molecule has 2 aliphatic rings. The van der Waals surface area contributed by atoms with Crippen molar-refractivity contribution in [2.24, 2.45) is 4.99 Å². The Balaban J connectivity index is 0.00000243. The molecule has 1 unspecified atom stereocenters.